The second kappa shape index (κ2) is 3.12. The molecule has 1 saturated carbocycles. The molecule has 3 rings (SSSR count). The third-order valence-corrected chi connectivity index (χ3v) is 3.84. The molecule has 4 heteroatoms. The van der Waals surface area contributed by atoms with E-state index in [1.54, 1.807) is 0 Å². The summed E-state index contributed by atoms with van der Waals surface area (Å²) in [5, 5.41) is 0. The molecule has 1 heterocycles. The smallest absolute Gasteiger partial charge is 0.231 e. The van der Waals surface area contributed by atoms with Crippen LogP contribution >= 0.6 is 15.9 Å². The first-order valence-corrected chi connectivity index (χ1v) is 5.87. The number of hydrogen-bond donors (Lipinski definition) is 1. The molecule has 1 aromatic carbocycles. The normalized spacial score (nSPS) is 21.2. The van der Waals surface area contributed by atoms with Crippen LogP contribution in [0.2, 0.25) is 0 Å². The highest BCUT2D eigenvalue weighted by atomic mass is 79.9. The zero-order chi connectivity index (χ0) is 10.5. The molecule has 0 saturated heterocycles. The summed E-state index contributed by atoms with van der Waals surface area (Å²) in [4.78, 5) is 0. The van der Waals surface area contributed by atoms with Gasteiger partial charge in [-0.05, 0) is 52.9 Å². The molecule has 0 aromatic heterocycles. The maximum atomic E-state index is 6.27. The van der Waals surface area contributed by atoms with E-state index >= 15 is 0 Å². The van der Waals surface area contributed by atoms with Crippen LogP contribution in [0.3, 0.4) is 0 Å². The largest absolute Gasteiger partial charge is 0.454 e. The lowest BCUT2D eigenvalue weighted by molar-refractivity contribution is 0.173. The summed E-state index contributed by atoms with van der Waals surface area (Å²) in [6.45, 7) is 0.301. The molecule has 1 aliphatic heterocycles. The molecule has 0 atom stereocenters. The Morgan fingerprint density at radius 1 is 1.27 bits per heavy atom. The molecule has 1 aliphatic carbocycles. The topological polar surface area (TPSA) is 44.5 Å². The minimum atomic E-state index is -0.149. The standard InChI is InChI=1S/C11H12BrNO2/c12-8-4-7(11(13)2-1-3-11)5-9-10(8)15-6-14-9/h4-5H,1-3,6,13H2. The summed E-state index contributed by atoms with van der Waals surface area (Å²) in [7, 11) is 0. The highest BCUT2D eigenvalue weighted by molar-refractivity contribution is 9.10. The third kappa shape index (κ3) is 1.35. The summed E-state index contributed by atoms with van der Waals surface area (Å²) in [6, 6.07) is 4.05. The van der Waals surface area contributed by atoms with Gasteiger partial charge in [0.1, 0.15) is 0 Å². The van der Waals surface area contributed by atoms with Gasteiger partial charge in [0.15, 0.2) is 11.5 Å². The summed E-state index contributed by atoms with van der Waals surface area (Å²) in [5.41, 5.74) is 7.26. The van der Waals surface area contributed by atoms with Gasteiger partial charge in [0.05, 0.1) is 4.47 Å². The van der Waals surface area contributed by atoms with Gasteiger partial charge in [0.25, 0.3) is 0 Å². The molecule has 0 amide bonds. The van der Waals surface area contributed by atoms with Crippen LogP contribution in [0.5, 0.6) is 11.5 Å². The van der Waals surface area contributed by atoms with Crippen molar-refractivity contribution in [2.75, 3.05) is 6.79 Å². The van der Waals surface area contributed by atoms with E-state index in [4.69, 9.17) is 15.2 Å². The number of benzene rings is 1. The number of fused-ring (bicyclic) bond motifs is 1. The monoisotopic (exact) mass is 269 g/mol. The van der Waals surface area contributed by atoms with Crippen LogP contribution in [0, 0.1) is 0 Å². The molecule has 0 bridgehead atoms. The molecule has 0 spiro atoms. The van der Waals surface area contributed by atoms with Crippen molar-refractivity contribution in [2.24, 2.45) is 5.73 Å². The van der Waals surface area contributed by atoms with Crippen LogP contribution in [0.4, 0.5) is 0 Å². The van der Waals surface area contributed by atoms with Gasteiger partial charge in [-0.1, -0.05) is 0 Å². The van der Waals surface area contributed by atoms with E-state index in [0.717, 1.165) is 34.4 Å². The van der Waals surface area contributed by atoms with Gasteiger partial charge in [0, 0.05) is 5.54 Å². The minimum Gasteiger partial charge on any atom is -0.454 e. The zero-order valence-electron chi connectivity index (χ0n) is 8.25. The highest BCUT2D eigenvalue weighted by Gasteiger charge is 2.36. The highest BCUT2D eigenvalue weighted by Crippen LogP contribution is 2.46. The number of nitrogens with two attached hydrogens (primary N) is 1. The van der Waals surface area contributed by atoms with E-state index in [0.29, 0.717) is 6.79 Å². The third-order valence-electron chi connectivity index (χ3n) is 3.25. The number of ether oxygens (including phenoxy) is 2. The molecule has 80 valence electrons. The number of halogens is 1. The average molecular weight is 270 g/mol. The fraction of sp³-hybridized carbons (Fsp3) is 0.455. The van der Waals surface area contributed by atoms with Crippen LogP contribution in [0.1, 0.15) is 24.8 Å². The Labute approximate surface area is 96.7 Å². The van der Waals surface area contributed by atoms with Gasteiger partial charge in [0.2, 0.25) is 6.79 Å². The predicted molar refractivity (Wildman–Crippen MR) is 60.0 cm³/mol. The van der Waals surface area contributed by atoms with E-state index in [1.165, 1.54) is 6.42 Å². The molecule has 3 nitrogen and oxygen atoms in total. The van der Waals surface area contributed by atoms with E-state index in [1.807, 2.05) is 12.1 Å². The van der Waals surface area contributed by atoms with Crippen LogP contribution in [-0.2, 0) is 5.54 Å². The maximum Gasteiger partial charge on any atom is 0.231 e. The Hall–Kier alpha value is -0.740. The number of rotatable bonds is 1. The van der Waals surface area contributed by atoms with Crippen molar-refractivity contribution in [3.63, 3.8) is 0 Å². The first-order valence-electron chi connectivity index (χ1n) is 5.08. The Kier molecular flexibility index (Phi) is 1.97. The van der Waals surface area contributed by atoms with Gasteiger partial charge in [-0.25, -0.2) is 0 Å². The van der Waals surface area contributed by atoms with Crippen molar-refractivity contribution in [1.29, 1.82) is 0 Å². The van der Waals surface area contributed by atoms with E-state index in [9.17, 15) is 0 Å². The molecule has 0 radical (unpaired) electrons. The second-order valence-electron chi connectivity index (χ2n) is 4.20. The Morgan fingerprint density at radius 3 is 2.73 bits per heavy atom. The van der Waals surface area contributed by atoms with Gasteiger partial charge >= 0.3 is 0 Å². The van der Waals surface area contributed by atoms with Gasteiger partial charge < -0.3 is 15.2 Å². The maximum absolute atomic E-state index is 6.27. The molecule has 15 heavy (non-hydrogen) atoms. The summed E-state index contributed by atoms with van der Waals surface area (Å²) >= 11 is 3.48. The van der Waals surface area contributed by atoms with E-state index < -0.39 is 0 Å². The first-order chi connectivity index (χ1) is 7.19. The zero-order valence-corrected chi connectivity index (χ0v) is 9.84. The first kappa shape index (κ1) is 9.48. The minimum absolute atomic E-state index is 0.149. The molecule has 0 unspecified atom stereocenters. The lowest BCUT2D eigenvalue weighted by atomic mass is 9.73. The van der Waals surface area contributed by atoms with Gasteiger partial charge in [-0.3, -0.25) is 0 Å². The average Bonchev–Trinajstić information content (AvgIpc) is 2.62. The van der Waals surface area contributed by atoms with Crippen LogP contribution in [-0.4, -0.2) is 6.79 Å². The molecule has 2 N–H and O–H groups in total. The van der Waals surface area contributed by atoms with Crippen molar-refractivity contribution in [2.45, 2.75) is 24.8 Å². The second-order valence-corrected chi connectivity index (χ2v) is 5.06. The van der Waals surface area contributed by atoms with Crippen LogP contribution < -0.4 is 15.2 Å². The van der Waals surface area contributed by atoms with Crippen molar-refractivity contribution < 1.29 is 9.47 Å². The van der Waals surface area contributed by atoms with Crippen LogP contribution in [0.25, 0.3) is 0 Å². The fourth-order valence-electron chi connectivity index (χ4n) is 2.10. The molecule has 1 aromatic rings. The van der Waals surface area contributed by atoms with Gasteiger partial charge in [-0.15, -0.1) is 0 Å². The lowest BCUT2D eigenvalue weighted by Crippen LogP contribution is -2.43. The molecule has 2 aliphatic rings. The van der Waals surface area contributed by atoms with Crippen molar-refractivity contribution in [1.82, 2.24) is 0 Å². The summed E-state index contributed by atoms with van der Waals surface area (Å²) < 4.78 is 11.6. The van der Waals surface area contributed by atoms with Crippen molar-refractivity contribution in [3.8, 4) is 11.5 Å². The molecule has 1 fully saturated rings. The fourth-order valence-corrected chi connectivity index (χ4v) is 2.66. The van der Waals surface area contributed by atoms with Crippen LogP contribution in [0.15, 0.2) is 16.6 Å². The Morgan fingerprint density at radius 2 is 2.07 bits per heavy atom. The Bertz CT molecular complexity index is 415. The molecular formula is C11H12BrNO2. The van der Waals surface area contributed by atoms with E-state index in [2.05, 4.69) is 15.9 Å². The Balaban J connectivity index is 2.07. The summed E-state index contributed by atoms with van der Waals surface area (Å²) in [5.74, 6) is 1.60. The van der Waals surface area contributed by atoms with Gasteiger partial charge in [-0.2, -0.15) is 0 Å². The van der Waals surface area contributed by atoms with Crippen molar-refractivity contribution >= 4 is 15.9 Å². The lowest BCUT2D eigenvalue weighted by Gasteiger charge is -2.38. The van der Waals surface area contributed by atoms with E-state index in [-0.39, 0.29) is 5.54 Å². The quantitative estimate of drug-likeness (QED) is 0.852. The SMILES string of the molecule is NC1(c2cc(Br)c3c(c2)OCO3)CCC1. The number of hydrogen-bond acceptors (Lipinski definition) is 3. The molecular weight excluding hydrogens is 258 g/mol. The van der Waals surface area contributed by atoms with Crippen molar-refractivity contribution in [3.05, 3.63) is 22.2 Å². The predicted octanol–water partition coefficient (Wildman–Crippen LogP) is 2.52. The summed E-state index contributed by atoms with van der Waals surface area (Å²) in [6.07, 6.45) is 3.32.